The van der Waals surface area contributed by atoms with Crippen molar-refractivity contribution in [3.63, 3.8) is 0 Å². The van der Waals surface area contributed by atoms with Crippen LogP contribution >= 0.6 is 0 Å². The molecule has 7 heteroatoms. The van der Waals surface area contributed by atoms with E-state index >= 15 is 0 Å². The summed E-state index contributed by atoms with van der Waals surface area (Å²) >= 11 is 0. The summed E-state index contributed by atoms with van der Waals surface area (Å²) in [5.41, 5.74) is 5.26. The Morgan fingerprint density at radius 1 is 1.21 bits per heavy atom. The highest BCUT2D eigenvalue weighted by Gasteiger charge is 2.20. The van der Waals surface area contributed by atoms with Crippen molar-refractivity contribution in [3.8, 4) is 5.75 Å². The lowest BCUT2D eigenvalue weighted by Gasteiger charge is -2.26. The van der Waals surface area contributed by atoms with Gasteiger partial charge >= 0.3 is 0 Å². The predicted octanol–water partition coefficient (Wildman–Crippen LogP) is -0.382. The topological polar surface area (TPSA) is 84.7 Å². The number of nitrogens with one attached hydrogen (secondary N) is 1. The van der Waals surface area contributed by atoms with Crippen molar-refractivity contribution in [3.05, 3.63) is 24.3 Å². The molecule has 0 spiro atoms. The number of sulfone groups is 1. The first kappa shape index (κ1) is 14.3. The third-order valence-electron chi connectivity index (χ3n) is 2.99. The minimum Gasteiger partial charge on any atom is -0.479 e. The Morgan fingerprint density at radius 3 is 2.42 bits per heavy atom. The fourth-order valence-electron chi connectivity index (χ4n) is 1.99. The molecule has 2 rings (SSSR count). The van der Waals surface area contributed by atoms with E-state index in [-0.39, 0.29) is 12.6 Å². The summed E-state index contributed by atoms with van der Waals surface area (Å²) in [4.78, 5) is 2.26. The van der Waals surface area contributed by atoms with Crippen molar-refractivity contribution < 1.29 is 13.2 Å². The van der Waals surface area contributed by atoms with E-state index in [9.17, 15) is 8.42 Å². The number of ether oxygens (including phenoxy) is 1. The van der Waals surface area contributed by atoms with Gasteiger partial charge in [0, 0.05) is 26.2 Å². The van der Waals surface area contributed by atoms with Gasteiger partial charge in [-0.1, -0.05) is 0 Å². The number of rotatable bonds is 5. The average Bonchev–Trinajstić information content (AvgIpc) is 2.40. The Hall–Kier alpha value is -1.15. The lowest BCUT2D eigenvalue weighted by molar-refractivity contribution is 0.274. The zero-order valence-electron chi connectivity index (χ0n) is 10.7. The molecule has 0 radical (unpaired) electrons. The van der Waals surface area contributed by atoms with Crippen LogP contribution in [0, 0.1) is 0 Å². The fourth-order valence-corrected chi connectivity index (χ4v) is 3.43. The van der Waals surface area contributed by atoms with Gasteiger partial charge in [0.25, 0.3) is 0 Å². The first-order valence-electron chi connectivity index (χ1n) is 6.20. The fraction of sp³-hybridized carbons (Fsp3) is 0.500. The number of piperazine rings is 1. The van der Waals surface area contributed by atoms with Crippen LogP contribution in [0.2, 0.25) is 0 Å². The lowest BCUT2D eigenvalue weighted by Crippen LogP contribution is -2.45. The van der Waals surface area contributed by atoms with Crippen LogP contribution in [-0.2, 0) is 9.84 Å². The Labute approximate surface area is 113 Å². The molecule has 0 aliphatic carbocycles. The maximum Gasteiger partial charge on any atom is 0.191 e. The number of benzene rings is 1. The van der Waals surface area contributed by atoms with Crippen molar-refractivity contribution in [2.24, 2.45) is 5.73 Å². The molecular formula is C12H19N3O3S. The molecule has 3 N–H and O–H groups in total. The van der Waals surface area contributed by atoms with Crippen LogP contribution in [0.25, 0.3) is 0 Å². The predicted molar refractivity (Wildman–Crippen MR) is 72.6 cm³/mol. The second kappa shape index (κ2) is 6.33. The second-order valence-electron chi connectivity index (χ2n) is 4.39. The zero-order chi connectivity index (χ0) is 13.7. The lowest BCUT2D eigenvalue weighted by atomic mass is 10.3. The number of hydrogen-bond acceptors (Lipinski definition) is 6. The van der Waals surface area contributed by atoms with E-state index in [0.717, 1.165) is 26.2 Å². The zero-order valence-corrected chi connectivity index (χ0v) is 11.5. The summed E-state index contributed by atoms with van der Waals surface area (Å²) in [6.07, 6.45) is 0. The van der Waals surface area contributed by atoms with E-state index in [4.69, 9.17) is 10.5 Å². The summed E-state index contributed by atoms with van der Waals surface area (Å²) in [5.74, 6) is 0.634. The normalized spacial score (nSPS) is 17.3. The molecule has 1 fully saturated rings. The second-order valence-corrected chi connectivity index (χ2v) is 6.35. The first-order valence-corrected chi connectivity index (χ1v) is 7.86. The van der Waals surface area contributed by atoms with Crippen LogP contribution in [0.1, 0.15) is 0 Å². The quantitative estimate of drug-likeness (QED) is 0.717. The minimum absolute atomic E-state index is 0.0613. The highest BCUT2D eigenvalue weighted by atomic mass is 32.2. The highest BCUT2D eigenvalue weighted by molar-refractivity contribution is 7.91. The van der Waals surface area contributed by atoms with Crippen molar-refractivity contribution in [1.82, 2.24) is 10.2 Å². The number of nitrogens with zero attached hydrogens (tertiary/aromatic N) is 1. The van der Waals surface area contributed by atoms with E-state index in [1.165, 1.54) is 0 Å². The van der Waals surface area contributed by atoms with Gasteiger partial charge in [-0.15, -0.1) is 0 Å². The van der Waals surface area contributed by atoms with Crippen LogP contribution in [0.15, 0.2) is 29.2 Å². The van der Waals surface area contributed by atoms with Crippen molar-refractivity contribution in [2.45, 2.75) is 4.90 Å². The van der Waals surface area contributed by atoms with Crippen molar-refractivity contribution >= 4 is 9.84 Å². The third kappa shape index (κ3) is 3.90. The molecule has 0 atom stereocenters. The van der Waals surface area contributed by atoms with Gasteiger partial charge in [-0.25, -0.2) is 8.42 Å². The van der Waals surface area contributed by atoms with Crippen LogP contribution < -0.4 is 15.8 Å². The van der Waals surface area contributed by atoms with Crippen LogP contribution in [0.3, 0.4) is 0 Å². The molecule has 0 bridgehead atoms. The van der Waals surface area contributed by atoms with Gasteiger partial charge in [0.05, 0.1) is 4.90 Å². The molecule has 1 aromatic rings. The monoisotopic (exact) mass is 285 g/mol. The van der Waals surface area contributed by atoms with Gasteiger partial charge < -0.3 is 10.1 Å². The Bertz CT molecular complexity index is 495. The maximum atomic E-state index is 12.2. The van der Waals surface area contributed by atoms with Crippen LogP contribution in [0.5, 0.6) is 5.75 Å². The van der Waals surface area contributed by atoms with E-state index in [1.807, 2.05) is 4.90 Å². The van der Waals surface area contributed by atoms with Gasteiger partial charge in [-0.2, -0.15) is 0 Å². The molecule has 19 heavy (non-hydrogen) atoms. The molecule has 0 unspecified atom stereocenters. The van der Waals surface area contributed by atoms with E-state index in [1.54, 1.807) is 24.3 Å². The molecule has 1 aliphatic rings. The van der Waals surface area contributed by atoms with Gasteiger partial charge in [-0.3, -0.25) is 10.6 Å². The van der Waals surface area contributed by atoms with Gasteiger partial charge in [0.2, 0.25) is 0 Å². The Morgan fingerprint density at radius 2 is 1.84 bits per heavy atom. The largest absolute Gasteiger partial charge is 0.479 e. The summed E-state index contributed by atoms with van der Waals surface area (Å²) in [7, 11) is -3.28. The van der Waals surface area contributed by atoms with Crippen LogP contribution in [-0.4, -0.2) is 52.1 Å². The molecule has 1 aliphatic heterocycles. The van der Waals surface area contributed by atoms with Crippen molar-refractivity contribution in [2.75, 3.05) is 38.8 Å². The average molecular weight is 285 g/mol. The molecule has 6 nitrogen and oxygen atoms in total. The van der Waals surface area contributed by atoms with Crippen LogP contribution in [0.4, 0.5) is 0 Å². The summed E-state index contributed by atoms with van der Waals surface area (Å²) < 4.78 is 29.6. The van der Waals surface area contributed by atoms with Crippen molar-refractivity contribution in [1.29, 1.82) is 0 Å². The van der Waals surface area contributed by atoms with E-state index in [0.29, 0.717) is 10.6 Å². The molecule has 0 aromatic heterocycles. The van der Waals surface area contributed by atoms with E-state index < -0.39 is 9.84 Å². The summed E-state index contributed by atoms with van der Waals surface area (Å²) in [6, 6.07) is 6.36. The molecule has 1 heterocycles. The Balaban J connectivity index is 2.05. The number of nitrogens with two attached hydrogens (primary N) is 1. The maximum absolute atomic E-state index is 12.2. The minimum atomic E-state index is -3.28. The molecule has 1 saturated heterocycles. The van der Waals surface area contributed by atoms with Gasteiger partial charge in [0.15, 0.2) is 9.84 Å². The van der Waals surface area contributed by atoms with Gasteiger partial charge in [-0.05, 0) is 24.3 Å². The SMILES string of the molecule is NCOc1ccc(S(=O)(=O)CN2CCNCC2)cc1. The Kier molecular flexibility index (Phi) is 4.76. The smallest absolute Gasteiger partial charge is 0.191 e. The molecule has 1 aromatic carbocycles. The molecule has 106 valence electrons. The summed E-state index contributed by atoms with van der Waals surface area (Å²) in [6.45, 7) is 3.26. The van der Waals surface area contributed by atoms with E-state index in [2.05, 4.69) is 5.32 Å². The molecular weight excluding hydrogens is 266 g/mol. The van der Waals surface area contributed by atoms with Gasteiger partial charge in [0.1, 0.15) is 18.4 Å². The number of hydrogen-bond donors (Lipinski definition) is 2. The highest BCUT2D eigenvalue weighted by Crippen LogP contribution is 2.17. The molecule has 0 saturated carbocycles. The first-order chi connectivity index (χ1) is 9.12. The standard InChI is InChI=1S/C12H19N3O3S/c13-9-18-11-1-3-12(4-2-11)19(16,17)10-15-7-5-14-6-8-15/h1-4,14H,5-10,13H2. The molecule has 0 amide bonds. The third-order valence-corrected chi connectivity index (χ3v) is 4.69. The summed E-state index contributed by atoms with van der Waals surface area (Å²) in [5, 5.41) is 3.20.